The average molecular weight is 267 g/mol. The molecule has 1 atom stereocenters. The van der Waals surface area contributed by atoms with Gasteiger partial charge in [-0.2, -0.15) is 0 Å². The van der Waals surface area contributed by atoms with Gasteiger partial charge in [-0.1, -0.05) is 17.7 Å². The number of aryl methyl sites for hydroxylation is 1. The topological polar surface area (TPSA) is 15.3 Å². The van der Waals surface area contributed by atoms with Crippen LogP contribution in [0, 0.1) is 12.8 Å². The lowest BCUT2D eigenvalue weighted by molar-refractivity contribution is 0.356. The summed E-state index contributed by atoms with van der Waals surface area (Å²) in [7, 11) is 2.03. The molecule has 3 heteroatoms. The van der Waals surface area contributed by atoms with Gasteiger partial charge in [-0.25, -0.2) is 0 Å². The highest BCUT2D eigenvalue weighted by molar-refractivity contribution is 6.30. The summed E-state index contributed by atoms with van der Waals surface area (Å²) in [6, 6.07) is 6.17. The van der Waals surface area contributed by atoms with Crippen LogP contribution in [0.2, 0.25) is 5.02 Å². The molecule has 100 valence electrons. The minimum atomic E-state index is 0.179. The van der Waals surface area contributed by atoms with Gasteiger partial charge in [0.1, 0.15) is 0 Å². The predicted molar refractivity (Wildman–Crippen MR) is 79.6 cm³/mol. The van der Waals surface area contributed by atoms with Crippen molar-refractivity contribution < 1.29 is 0 Å². The van der Waals surface area contributed by atoms with E-state index in [0.717, 1.165) is 18.1 Å². The number of nitrogens with zero attached hydrogens (tertiary/aromatic N) is 1. The van der Waals surface area contributed by atoms with E-state index in [1.807, 2.05) is 13.1 Å². The Bertz CT molecular complexity index is 429. The summed E-state index contributed by atoms with van der Waals surface area (Å²) >= 11 is 6.15. The third-order valence-electron chi connectivity index (χ3n) is 4.31. The number of hydrogen-bond donors (Lipinski definition) is 1. The molecule has 1 aromatic rings. The Kier molecular flexibility index (Phi) is 3.88. The van der Waals surface area contributed by atoms with Gasteiger partial charge in [0.05, 0.1) is 0 Å². The van der Waals surface area contributed by atoms with Crippen LogP contribution in [-0.2, 0) is 0 Å². The number of hydrogen-bond acceptors (Lipinski definition) is 2. The maximum atomic E-state index is 6.15. The molecule has 0 radical (unpaired) electrons. The Morgan fingerprint density at radius 3 is 2.83 bits per heavy atom. The summed E-state index contributed by atoms with van der Waals surface area (Å²) in [5.74, 6) is 0.681. The Hall–Kier alpha value is -0.730. The molecule has 0 saturated carbocycles. The van der Waals surface area contributed by atoms with Gasteiger partial charge in [-0.05, 0) is 64.4 Å². The van der Waals surface area contributed by atoms with E-state index < -0.39 is 0 Å². The zero-order valence-corrected chi connectivity index (χ0v) is 12.5. The van der Waals surface area contributed by atoms with Crippen LogP contribution in [0.1, 0.15) is 25.8 Å². The Morgan fingerprint density at radius 1 is 1.44 bits per heavy atom. The fraction of sp³-hybridized carbons (Fsp3) is 0.600. The van der Waals surface area contributed by atoms with Crippen molar-refractivity contribution in [1.82, 2.24) is 5.32 Å². The van der Waals surface area contributed by atoms with Gasteiger partial charge >= 0.3 is 0 Å². The Morgan fingerprint density at radius 2 is 2.17 bits per heavy atom. The van der Waals surface area contributed by atoms with E-state index in [9.17, 15) is 0 Å². The second-order valence-corrected chi connectivity index (χ2v) is 6.22. The molecule has 1 saturated heterocycles. The maximum absolute atomic E-state index is 6.15. The summed E-state index contributed by atoms with van der Waals surface area (Å²) in [4.78, 5) is 2.51. The van der Waals surface area contributed by atoms with Crippen LogP contribution < -0.4 is 10.2 Å². The van der Waals surface area contributed by atoms with Gasteiger partial charge in [-0.15, -0.1) is 0 Å². The molecule has 18 heavy (non-hydrogen) atoms. The fourth-order valence-electron chi connectivity index (χ4n) is 3.05. The van der Waals surface area contributed by atoms with Crippen molar-refractivity contribution in [3.8, 4) is 0 Å². The predicted octanol–water partition coefficient (Wildman–Crippen LogP) is 3.47. The van der Waals surface area contributed by atoms with E-state index in [4.69, 9.17) is 11.6 Å². The van der Waals surface area contributed by atoms with Crippen molar-refractivity contribution in [2.24, 2.45) is 5.92 Å². The number of anilines is 1. The van der Waals surface area contributed by atoms with Gasteiger partial charge in [0.15, 0.2) is 0 Å². The Balaban J connectivity index is 2.31. The van der Waals surface area contributed by atoms with Crippen molar-refractivity contribution in [1.29, 1.82) is 0 Å². The first-order chi connectivity index (χ1) is 8.46. The van der Waals surface area contributed by atoms with Gasteiger partial charge in [-0.3, -0.25) is 0 Å². The highest BCUT2D eigenvalue weighted by Crippen LogP contribution is 2.39. The molecular formula is C15H23ClN2. The molecule has 0 aliphatic carbocycles. The van der Waals surface area contributed by atoms with Gasteiger partial charge in [0.2, 0.25) is 0 Å². The standard InChI is InChI=1S/C15H23ClN2/c1-11-5-6-13(16)9-14(11)18-8-7-12(10-17-4)15(18,2)3/h5-6,9,12,17H,7-8,10H2,1-4H3. The zero-order chi connectivity index (χ0) is 13.3. The molecule has 1 N–H and O–H groups in total. The molecule has 0 spiro atoms. The third kappa shape index (κ3) is 2.36. The van der Waals surface area contributed by atoms with Crippen molar-refractivity contribution in [3.63, 3.8) is 0 Å². The van der Waals surface area contributed by atoms with Gasteiger partial charge < -0.3 is 10.2 Å². The van der Waals surface area contributed by atoms with Gasteiger partial charge in [0, 0.05) is 22.8 Å². The molecule has 1 aliphatic heterocycles. The van der Waals surface area contributed by atoms with Gasteiger partial charge in [0.25, 0.3) is 0 Å². The van der Waals surface area contributed by atoms with Crippen LogP contribution in [0.3, 0.4) is 0 Å². The maximum Gasteiger partial charge on any atom is 0.0426 e. The highest BCUT2D eigenvalue weighted by Gasteiger charge is 2.41. The van der Waals surface area contributed by atoms with Crippen LogP contribution in [0.5, 0.6) is 0 Å². The van der Waals surface area contributed by atoms with E-state index in [1.165, 1.54) is 17.7 Å². The summed E-state index contributed by atoms with van der Waals surface area (Å²) in [6.07, 6.45) is 1.24. The molecule has 0 bridgehead atoms. The van der Waals surface area contributed by atoms with Crippen LogP contribution in [0.4, 0.5) is 5.69 Å². The number of halogens is 1. The molecule has 1 unspecified atom stereocenters. The first-order valence-corrected chi connectivity index (χ1v) is 7.03. The SMILES string of the molecule is CNCC1CCN(c2cc(Cl)ccc2C)C1(C)C. The lowest BCUT2D eigenvalue weighted by Crippen LogP contribution is -2.45. The number of nitrogens with one attached hydrogen (secondary N) is 1. The van der Waals surface area contributed by atoms with Crippen LogP contribution in [0.15, 0.2) is 18.2 Å². The molecule has 0 aromatic heterocycles. The molecular weight excluding hydrogens is 244 g/mol. The van der Waals surface area contributed by atoms with Crippen molar-refractivity contribution in [2.45, 2.75) is 32.7 Å². The summed E-state index contributed by atoms with van der Waals surface area (Å²) in [5.41, 5.74) is 2.77. The minimum absolute atomic E-state index is 0.179. The molecule has 1 aliphatic rings. The lowest BCUT2D eigenvalue weighted by Gasteiger charge is -2.38. The van der Waals surface area contributed by atoms with E-state index in [1.54, 1.807) is 0 Å². The van der Waals surface area contributed by atoms with Crippen molar-refractivity contribution in [3.05, 3.63) is 28.8 Å². The number of rotatable bonds is 3. The van der Waals surface area contributed by atoms with E-state index >= 15 is 0 Å². The fourth-order valence-corrected chi connectivity index (χ4v) is 3.22. The van der Waals surface area contributed by atoms with E-state index in [-0.39, 0.29) is 5.54 Å². The first kappa shape index (κ1) is 13.7. The van der Waals surface area contributed by atoms with E-state index in [0.29, 0.717) is 5.92 Å². The molecule has 1 aromatic carbocycles. The number of benzene rings is 1. The summed E-state index contributed by atoms with van der Waals surface area (Å²) < 4.78 is 0. The smallest absolute Gasteiger partial charge is 0.0426 e. The quantitative estimate of drug-likeness (QED) is 0.901. The molecule has 2 rings (SSSR count). The second kappa shape index (κ2) is 5.10. The highest BCUT2D eigenvalue weighted by atomic mass is 35.5. The molecule has 2 nitrogen and oxygen atoms in total. The largest absolute Gasteiger partial charge is 0.366 e. The normalized spacial score (nSPS) is 22.5. The zero-order valence-electron chi connectivity index (χ0n) is 11.8. The van der Waals surface area contributed by atoms with E-state index in [2.05, 4.69) is 43.1 Å². The van der Waals surface area contributed by atoms with Crippen LogP contribution in [-0.4, -0.2) is 25.7 Å². The summed E-state index contributed by atoms with van der Waals surface area (Å²) in [5, 5.41) is 4.13. The first-order valence-electron chi connectivity index (χ1n) is 6.65. The van der Waals surface area contributed by atoms with Crippen molar-refractivity contribution >= 4 is 17.3 Å². The third-order valence-corrected chi connectivity index (χ3v) is 4.54. The van der Waals surface area contributed by atoms with Crippen LogP contribution >= 0.6 is 11.6 Å². The molecule has 1 heterocycles. The minimum Gasteiger partial charge on any atom is -0.366 e. The monoisotopic (exact) mass is 266 g/mol. The lowest BCUT2D eigenvalue weighted by atomic mass is 9.88. The molecule has 0 amide bonds. The average Bonchev–Trinajstić information content (AvgIpc) is 2.59. The summed E-state index contributed by atoms with van der Waals surface area (Å²) in [6.45, 7) is 9.02. The second-order valence-electron chi connectivity index (χ2n) is 5.78. The van der Waals surface area contributed by atoms with Crippen molar-refractivity contribution in [2.75, 3.05) is 25.0 Å². The Labute approximate surface area is 115 Å². The van der Waals surface area contributed by atoms with Crippen LogP contribution in [0.25, 0.3) is 0 Å². The molecule has 1 fully saturated rings.